The molecule has 0 spiro atoms. The van der Waals surface area contributed by atoms with E-state index in [0.717, 1.165) is 64.6 Å². The molecule has 0 bridgehead atoms. The summed E-state index contributed by atoms with van der Waals surface area (Å²) in [6.07, 6.45) is 6.79. The maximum atomic E-state index is 10.2. The van der Waals surface area contributed by atoms with Crippen LogP contribution in [0, 0.1) is 0 Å². The Balaban J connectivity index is 1.22. The largest absolute Gasteiger partial charge is 0.389 e. The lowest BCUT2D eigenvalue weighted by Crippen LogP contribution is -2.65. The van der Waals surface area contributed by atoms with Crippen molar-refractivity contribution in [3.8, 4) is 0 Å². The quantitative estimate of drug-likeness (QED) is 0.857. The first-order valence-electron chi connectivity index (χ1n) is 8.43. The van der Waals surface area contributed by atoms with Gasteiger partial charge in [-0.25, -0.2) is 9.97 Å². The molecule has 2 saturated heterocycles. The van der Waals surface area contributed by atoms with Crippen LogP contribution >= 0.6 is 0 Å². The maximum absolute atomic E-state index is 10.2. The Morgan fingerprint density at radius 3 is 2.36 bits per heavy atom. The van der Waals surface area contributed by atoms with Gasteiger partial charge in [-0.2, -0.15) is 0 Å². The second kappa shape index (κ2) is 5.76. The van der Waals surface area contributed by atoms with Crippen molar-refractivity contribution in [2.45, 2.75) is 30.9 Å². The van der Waals surface area contributed by atoms with E-state index in [9.17, 15) is 5.11 Å². The summed E-state index contributed by atoms with van der Waals surface area (Å²) in [6.45, 7) is 7.28. The van der Waals surface area contributed by atoms with Crippen molar-refractivity contribution in [1.82, 2.24) is 19.8 Å². The molecule has 6 nitrogen and oxygen atoms in total. The van der Waals surface area contributed by atoms with Crippen molar-refractivity contribution in [2.24, 2.45) is 0 Å². The Kier molecular flexibility index (Phi) is 3.76. The lowest BCUT2D eigenvalue weighted by Gasteiger charge is -2.51. The summed E-state index contributed by atoms with van der Waals surface area (Å²) in [5.74, 6) is 0.851. The van der Waals surface area contributed by atoms with Crippen LogP contribution < -0.4 is 4.90 Å². The number of piperazine rings is 1. The van der Waals surface area contributed by atoms with Gasteiger partial charge in [0.2, 0.25) is 5.95 Å². The number of aliphatic hydroxyl groups is 1. The predicted octanol–water partition coefficient (Wildman–Crippen LogP) is 0.198. The fourth-order valence-corrected chi connectivity index (χ4v) is 3.80. The zero-order valence-electron chi connectivity index (χ0n) is 13.1. The molecular weight excluding hydrogens is 278 g/mol. The average molecular weight is 303 g/mol. The number of anilines is 1. The van der Waals surface area contributed by atoms with Gasteiger partial charge in [-0.3, -0.25) is 9.80 Å². The molecule has 2 aliphatic heterocycles. The molecule has 1 N–H and O–H groups in total. The van der Waals surface area contributed by atoms with Gasteiger partial charge in [0, 0.05) is 64.2 Å². The molecule has 1 aliphatic carbocycles. The second-order valence-corrected chi connectivity index (χ2v) is 7.00. The van der Waals surface area contributed by atoms with Gasteiger partial charge in [0.05, 0.1) is 5.60 Å². The van der Waals surface area contributed by atoms with Crippen LogP contribution in [-0.4, -0.2) is 82.3 Å². The Bertz CT molecular complexity index is 493. The van der Waals surface area contributed by atoms with Gasteiger partial charge in [0.15, 0.2) is 0 Å². The van der Waals surface area contributed by atoms with Gasteiger partial charge in [-0.15, -0.1) is 0 Å². The molecule has 6 heteroatoms. The van der Waals surface area contributed by atoms with Crippen LogP contribution in [-0.2, 0) is 0 Å². The highest BCUT2D eigenvalue weighted by molar-refractivity contribution is 5.29. The molecule has 0 atom stereocenters. The smallest absolute Gasteiger partial charge is 0.225 e. The van der Waals surface area contributed by atoms with Gasteiger partial charge in [-0.1, -0.05) is 0 Å². The summed E-state index contributed by atoms with van der Waals surface area (Å²) < 4.78 is 0. The third-order valence-corrected chi connectivity index (χ3v) is 5.41. The van der Waals surface area contributed by atoms with E-state index in [1.54, 1.807) is 0 Å². The second-order valence-electron chi connectivity index (χ2n) is 7.00. The molecule has 3 aliphatic rings. The van der Waals surface area contributed by atoms with E-state index in [1.807, 2.05) is 18.5 Å². The van der Waals surface area contributed by atoms with E-state index in [-0.39, 0.29) is 5.60 Å². The zero-order valence-corrected chi connectivity index (χ0v) is 13.1. The number of β-amino-alcohol motifs (C(OH)–C–C–N with tert-alkyl or cyclic N) is 1. The Labute approximate surface area is 131 Å². The molecule has 0 radical (unpaired) electrons. The van der Waals surface area contributed by atoms with Gasteiger partial charge in [0.1, 0.15) is 0 Å². The first kappa shape index (κ1) is 14.4. The summed E-state index contributed by atoms with van der Waals surface area (Å²) in [5.41, 5.74) is -0.367. The summed E-state index contributed by atoms with van der Waals surface area (Å²) in [5, 5.41) is 10.2. The fraction of sp³-hybridized carbons (Fsp3) is 0.750. The molecule has 120 valence electrons. The first-order valence-corrected chi connectivity index (χ1v) is 8.43. The van der Waals surface area contributed by atoms with Crippen molar-refractivity contribution in [3.05, 3.63) is 18.5 Å². The summed E-state index contributed by atoms with van der Waals surface area (Å²) in [4.78, 5) is 15.9. The predicted molar refractivity (Wildman–Crippen MR) is 84.8 cm³/mol. The van der Waals surface area contributed by atoms with Crippen LogP contribution in [0.3, 0.4) is 0 Å². The summed E-state index contributed by atoms with van der Waals surface area (Å²) >= 11 is 0. The average Bonchev–Trinajstić information content (AvgIpc) is 2.50. The molecule has 4 rings (SSSR count). The molecule has 3 heterocycles. The van der Waals surface area contributed by atoms with E-state index in [2.05, 4.69) is 24.7 Å². The van der Waals surface area contributed by atoms with Gasteiger partial charge < -0.3 is 10.0 Å². The van der Waals surface area contributed by atoms with Crippen LogP contribution in [0.2, 0.25) is 0 Å². The standard InChI is InChI=1S/C16H25N5O/c22-16(3-1-4-16)13-19-11-14(12-19)20-7-9-21(10-8-20)15-17-5-2-6-18-15/h2,5-6,14,22H,1,3-4,7-13H2. The molecule has 1 aromatic heterocycles. The van der Waals surface area contributed by atoms with Gasteiger partial charge in [-0.05, 0) is 25.3 Å². The van der Waals surface area contributed by atoms with E-state index in [1.165, 1.54) is 6.42 Å². The third-order valence-electron chi connectivity index (χ3n) is 5.41. The highest BCUT2D eigenvalue weighted by Gasteiger charge is 2.41. The van der Waals surface area contributed by atoms with Crippen molar-refractivity contribution >= 4 is 5.95 Å². The monoisotopic (exact) mass is 303 g/mol. The molecule has 3 fully saturated rings. The number of aromatic nitrogens is 2. The van der Waals surface area contributed by atoms with Crippen LogP contribution in [0.15, 0.2) is 18.5 Å². The number of nitrogens with zero attached hydrogens (tertiary/aromatic N) is 5. The van der Waals surface area contributed by atoms with Crippen molar-refractivity contribution in [2.75, 3.05) is 50.7 Å². The van der Waals surface area contributed by atoms with Crippen LogP contribution in [0.1, 0.15) is 19.3 Å². The molecule has 1 saturated carbocycles. The number of likely N-dealkylation sites (tertiary alicyclic amines) is 1. The van der Waals surface area contributed by atoms with Crippen LogP contribution in [0.4, 0.5) is 5.95 Å². The topological polar surface area (TPSA) is 55.7 Å². The third kappa shape index (κ3) is 2.83. The van der Waals surface area contributed by atoms with E-state index < -0.39 is 0 Å². The highest BCUT2D eigenvalue weighted by Crippen LogP contribution is 2.33. The Morgan fingerprint density at radius 2 is 1.77 bits per heavy atom. The lowest BCUT2D eigenvalue weighted by molar-refractivity contribution is -0.0869. The van der Waals surface area contributed by atoms with Gasteiger partial charge >= 0.3 is 0 Å². The van der Waals surface area contributed by atoms with Crippen LogP contribution in [0.5, 0.6) is 0 Å². The molecule has 0 aromatic carbocycles. The van der Waals surface area contributed by atoms with E-state index in [4.69, 9.17) is 0 Å². The highest BCUT2D eigenvalue weighted by atomic mass is 16.3. The normalized spacial score (nSPS) is 26.5. The summed E-state index contributed by atoms with van der Waals surface area (Å²) in [7, 11) is 0. The van der Waals surface area contributed by atoms with Crippen molar-refractivity contribution in [1.29, 1.82) is 0 Å². The minimum atomic E-state index is -0.367. The number of rotatable bonds is 4. The SMILES string of the molecule is OC1(CN2CC(N3CCN(c4ncccn4)CC3)C2)CCC1. The lowest BCUT2D eigenvalue weighted by atomic mass is 9.79. The first-order chi connectivity index (χ1) is 10.7. The van der Waals surface area contributed by atoms with Crippen molar-refractivity contribution in [3.63, 3.8) is 0 Å². The summed E-state index contributed by atoms with van der Waals surface area (Å²) in [6, 6.07) is 2.53. The molecule has 0 amide bonds. The minimum absolute atomic E-state index is 0.367. The van der Waals surface area contributed by atoms with E-state index in [0.29, 0.717) is 6.04 Å². The molecular formula is C16H25N5O. The molecule has 0 unspecified atom stereocenters. The van der Waals surface area contributed by atoms with Crippen molar-refractivity contribution < 1.29 is 5.11 Å². The Morgan fingerprint density at radius 1 is 1.09 bits per heavy atom. The molecule has 22 heavy (non-hydrogen) atoms. The number of hydrogen-bond acceptors (Lipinski definition) is 6. The molecule has 1 aromatic rings. The maximum Gasteiger partial charge on any atom is 0.225 e. The minimum Gasteiger partial charge on any atom is -0.389 e. The zero-order chi connectivity index (χ0) is 15.0. The Hall–Kier alpha value is -1.24. The fourth-order valence-electron chi connectivity index (χ4n) is 3.80. The van der Waals surface area contributed by atoms with Crippen LogP contribution in [0.25, 0.3) is 0 Å². The van der Waals surface area contributed by atoms with E-state index >= 15 is 0 Å². The van der Waals surface area contributed by atoms with Gasteiger partial charge in [0.25, 0.3) is 0 Å². The number of hydrogen-bond donors (Lipinski definition) is 1.